The molecule has 12 heteroatoms. The van der Waals surface area contributed by atoms with Gasteiger partial charge < -0.3 is 14.3 Å². The summed E-state index contributed by atoms with van der Waals surface area (Å²) in [4.78, 5) is 27.5. The number of ether oxygens (including phenoxy) is 1. The Labute approximate surface area is 222 Å². The quantitative estimate of drug-likeness (QED) is 0.450. The van der Waals surface area contributed by atoms with Gasteiger partial charge in [-0.15, -0.1) is 0 Å². The van der Waals surface area contributed by atoms with Gasteiger partial charge in [0.25, 0.3) is 16.1 Å². The Morgan fingerprint density at radius 1 is 1.13 bits per heavy atom. The van der Waals surface area contributed by atoms with Crippen molar-refractivity contribution in [1.29, 1.82) is 0 Å². The van der Waals surface area contributed by atoms with E-state index in [-0.39, 0.29) is 11.9 Å². The Morgan fingerprint density at radius 3 is 2.58 bits per heavy atom. The summed E-state index contributed by atoms with van der Waals surface area (Å²) in [6, 6.07) is 10.7. The van der Waals surface area contributed by atoms with Crippen molar-refractivity contribution in [3.8, 4) is 5.88 Å². The third kappa shape index (κ3) is 5.98. The van der Waals surface area contributed by atoms with Crippen LogP contribution in [-0.4, -0.2) is 84.4 Å². The molecular weight excluding hydrogens is 506 g/mol. The highest BCUT2D eigenvalue weighted by Gasteiger charge is 2.29. The van der Waals surface area contributed by atoms with Gasteiger partial charge in [-0.2, -0.15) is 17.7 Å². The molecule has 0 atom stereocenters. The van der Waals surface area contributed by atoms with Crippen LogP contribution in [0.1, 0.15) is 48.5 Å². The summed E-state index contributed by atoms with van der Waals surface area (Å²) in [6.07, 6.45) is 6.62. The first-order chi connectivity index (χ1) is 18.4. The summed E-state index contributed by atoms with van der Waals surface area (Å²) in [5, 5.41) is 0. The number of benzene rings is 1. The van der Waals surface area contributed by atoms with Gasteiger partial charge in [-0.3, -0.25) is 9.69 Å². The summed E-state index contributed by atoms with van der Waals surface area (Å²) in [5.74, 6) is 0.158. The molecule has 0 unspecified atom stereocenters. The lowest BCUT2D eigenvalue weighted by Gasteiger charge is -2.31. The number of hydrogen-bond acceptors (Lipinski definition) is 6. The lowest BCUT2D eigenvalue weighted by molar-refractivity contribution is 0.0996. The van der Waals surface area contributed by atoms with Crippen molar-refractivity contribution in [3.63, 3.8) is 0 Å². The average molecular weight is 542 g/mol. The molecule has 4 heterocycles. The second kappa shape index (κ2) is 11.8. The second-order valence-electron chi connectivity index (χ2n) is 9.73. The molecule has 2 fully saturated rings. The highest BCUT2D eigenvalue weighted by atomic mass is 32.2. The minimum absolute atomic E-state index is 0.0574. The molecule has 2 N–H and O–H groups in total. The van der Waals surface area contributed by atoms with Crippen molar-refractivity contribution < 1.29 is 17.9 Å². The van der Waals surface area contributed by atoms with Crippen LogP contribution in [0.2, 0.25) is 0 Å². The average Bonchev–Trinajstić information content (AvgIpc) is 3.31. The van der Waals surface area contributed by atoms with Gasteiger partial charge in [0.2, 0.25) is 11.5 Å². The van der Waals surface area contributed by atoms with E-state index in [4.69, 9.17) is 4.74 Å². The van der Waals surface area contributed by atoms with Gasteiger partial charge in [-0.1, -0.05) is 24.6 Å². The predicted octanol–water partition coefficient (Wildman–Crippen LogP) is 2.07. The van der Waals surface area contributed by atoms with Crippen LogP contribution < -0.4 is 15.1 Å². The summed E-state index contributed by atoms with van der Waals surface area (Å²) in [7, 11) is -2.07. The van der Waals surface area contributed by atoms with E-state index in [9.17, 15) is 13.2 Å². The Hall–Kier alpha value is -3.06. The van der Waals surface area contributed by atoms with Crippen molar-refractivity contribution in [3.05, 3.63) is 53.8 Å². The van der Waals surface area contributed by atoms with Gasteiger partial charge in [0.1, 0.15) is 6.61 Å². The number of hydrogen-bond donors (Lipinski definition) is 2. The van der Waals surface area contributed by atoms with Gasteiger partial charge >= 0.3 is 0 Å². The number of fused-ring (bicyclic) bond motifs is 1. The molecule has 0 spiro atoms. The minimum Gasteiger partial charge on any atom is -0.476 e. The van der Waals surface area contributed by atoms with Crippen molar-refractivity contribution in [1.82, 2.24) is 28.5 Å². The molecule has 2 aliphatic heterocycles. The summed E-state index contributed by atoms with van der Waals surface area (Å²) >= 11 is 0. The maximum atomic E-state index is 13.0. The van der Waals surface area contributed by atoms with Crippen LogP contribution in [0.5, 0.6) is 5.88 Å². The van der Waals surface area contributed by atoms with Crippen molar-refractivity contribution >= 4 is 27.1 Å². The number of pyridine rings is 1. The smallest absolute Gasteiger partial charge is 0.280 e. The fourth-order valence-corrected chi connectivity index (χ4v) is 6.17. The van der Waals surface area contributed by atoms with Gasteiger partial charge in [0.15, 0.2) is 0 Å². The molecule has 1 amide bonds. The number of nitrogens with zero attached hydrogens (tertiary/aromatic N) is 5. The highest BCUT2D eigenvalue weighted by Crippen LogP contribution is 2.27. The van der Waals surface area contributed by atoms with Gasteiger partial charge in [-0.25, -0.2) is 9.71 Å². The Balaban J connectivity index is 1.44. The molecule has 0 saturated carbocycles. The van der Waals surface area contributed by atoms with Gasteiger partial charge in [0.05, 0.1) is 17.2 Å². The molecule has 0 radical (unpaired) electrons. The number of rotatable bonds is 8. The van der Waals surface area contributed by atoms with E-state index >= 15 is 0 Å². The molecule has 38 heavy (non-hydrogen) atoms. The lowest BCUT2D eigenvalue weighted by atomic mass is 10.1. The number of aromatic amines is 1. The number of carbonyl (C=O) groups excluding carboxylic acids is 1. The zero-order valence-corrected chi connectivity index (χ0v) is 22.5. The minimum atomic E-state index is -3.49. The summed E-state index contributed by atoms with van der Waals surface area (Å²) in [5.41, 5.74) is 2.46. The normalized spacial score (nSPS) is 18.7. The summed E-state index contributed by atoms with van der Waals surface area (Å²) < 4.78 is 36.5. The van der Waals surface area contributed by atoms with Crippen molar-refractivity contribution in [2.45, 2.75) is 38.1 Å². The zero-order valence-electron chi connectivity index (χ0n) is 21.7. The van der Waals surface area contributed by atoms with Crippen LogP contribution in [0, 0.1) is 0 Å². The first kappa shape index (κ1) is 26.5. The van der Waals surface area contributed by atoms with Crippen LogP contribution >= 0.6 is 0 Å². The van der Waals surface area contributed by atoms with E-state index in [1.165, 1.54) is 30.6 Å². The van der Waals surface area contributed by atoms with E-state index < -0.39 is 10.2 Å². The number of aromatic nitrogens is 3. The van der Waals surface area contributed by atoms with E-state index in [1.807, 2.05) is 16.7 Å². The number of carbonyl (C=O) groups is 1. The lowest BCUT2D eigenvalue weighted by Crippen LogP contribution is -2.44. The largest absolute Gasteiger partial charge is 0.476 e. The van der Waals surface area contributed by atoms with Crippen LogP contribution in [-0.2, 0) is 10.2 Å². The summed E-state index contributed by atoms with van der Waals surface area (Å²) in [6.45, 7) is 4.35. The van der Waals surface area contributed by atoms with E-state index in [0.717, 1.165) is 30.7 Å². The SMILES string of the molecule is CNS(=O)(=O)N1CCC(n2/c(=N/C(=O)c3ccccc3)[nH]c3cnc(OCCN4CCCCC4)cc32)CC1. The van der Waals surface area contributed by atoms with E-state index in [0.29, 0.717) is 49.6 Å². The fourth-order valence-electron chi connectivity index (χ4n) is 5.22. The first-order valence-electron chi connectivity index (χ1n) is 13.2. The third-order valence-corrected chi connectivity index (χ3v) is 8.87. The predicted molar refractivity (Wildman–Crippen MR) is 144 cm³/mol. The van der Waals surface area contributed by atoms with Gasteiger partial charge in [0, 0.05) is 44.4 Å². The number of amides is 1. The van der Waals surface area contributed by atoms with Crippen LogP contribution in [0.3, 0.4) is 0 Å². The Morgan fingerprint density at radius 2 is 1.87 bits per heavy atom. The second-order valence-corrected chi connectivity index (χ2v) is 11.6. The Bertz CT molecular complexity index is 1420. The standard InChI is InChI=1S/C26H35N7O4S/c1-27-38(35,36)32-14-10-21(11-15-32)33-23-18-24(37-17-16-31-12-6-3-7-13-31)28-19-22(23)29-26(33)30-25(34)20-8-4-2-5-9-20/h2,4-5,8-9,18-19,21,27H,3,6-7,10-17H2,1H3,(H,29,30,34). The molecular formula is C26H35N7O4S. The molecule has 2 saturated heterocycles. The number of H-pyrrole nitrogens is 1. The fraction of sp³-hybridized carbons (Fsp3) is 0.500. The molecule has 2 aliphatic rings. The van der Waals surface area contributed by atoms with Gasteiger partial charge in [-0.05, 0) is 50.9 Å². The molecule has 204 valence electrons. The number of imidazole rings is 1. The van der Waals surface area contributed by atoms with Crippen molar-refractivity contribution in [2.24, 2.45) is 4.99 Å². The van der Waals surface area contributed by atoms with Crippen LogP contribution in [0.15, 0.2) is 47.6 Å². The van der Waals surface area contributed by atoms with Crippen molar-refractivity contribution in [2.75, 3.05) is 46.4 Å². The number of piperidine rings is 2. The molecule has 5 rings (SSSR count). The van der Waals surface area contributed by atoms with Crippen LogP contribution in [0.4, 0.5) is 0 Å². The molecule has 2 aromatic heterocycles. The third-order valence-electron chi connectivity index (χ3n) is 7.31. The number of nitrogens with one attached hydrogen (secondary N) is 2. The maximum Gasteiger partial charge on any atom is 0.280 e. The zero-order chi connectivity index (χ0) is 26.5. The van der Waals surface area contributed by atoms with E-state index in [2.05, 4.69) is 24.6 Å². The first-order valence-corrected chi connectivity index (χ1v) is 14.7. The van der Waals surface area contributed by atoms with Crippen LogP contribution in [0.25, 0.3) is 11.0 Å². The Kier molecular flexibility index (Phi) is 8.22. The topological polar surface area (TPSA) is 125 Å². The maximum absolute atomic E-state index is 13.0. The molecule has 11 nitrogen and oxygen atoms in total. The molecule has 0 aliphatic carbocycles. The molecule has 3 aromatic rings. The molecule has 1 aromatic carbocycles. The monoisotopic (exact) mass is 541 g/mol. The number of likely N-dealkylation sites (tertiary alicyclic amines) is 1. The highest BCUT2D eigenvalue weighted by molar-refractivity contribution is 7.87. The molecule has 0 bridgehead atoms. The van der Waals surface area contributed by atoms with E-state index in [1.54, 1.807) is 30.5 Å².